The van der Waals surface area contributed by atoms with Crippen LogP contribution in [0.3, 0.4) is 0 Å². The van der Waals surface area contributed by atoms with Gasteiger partial charge in [0.25, 0.3) is 5.91 Å². The molecule has 2 amide bonds. The Balaban J connectivity index is 1.34. The van der Waals surface area contributed by atoms with Crippen LogP contribution in [-0.4, -0.2) is 33.4 Å². The van der Waals surface area contributed by atoms with Crippen LogP contribution >= 0.6 is 0 Å². The van der Waals surface area contributed by atoms with Crippen LogP contribution in [0.25, 0.3) is 11.3 Å². The number of amides is 2. The monoisotopic (exact) mass is 536 g/mol. The molecule has 0 radical (unpaired) electrons. The molecule has 0 saturated heterocycles. The first kappa shape index (κ1) is 27.2. The molecule has 1 aliphatic carbocycles. The molecule has 206 valence electrons. The van der Waals surface area contributed by atoms with E-state index in [2.05, 4.69) is 36.5 Å². The summed E-state index contributed by atoms with van der Waals surface area (Å²) in [5.74, 6) is 0.0413. The lowest BCUT2D eigenvalue weighted by Crippen LogP contribution is -2.33. The van der Waals surface area contributed by atoms with E-state index in [0.717, 1.165) is 42.5 Å². The van der Waals surface area contributed by atoms with Crippen LogP contribution in [0.15, 0.2) is 78.9 Å². The lowest BCUT2D eigenvalue weighted by Gasteiger charge is -2.25. The molecule has 0 atom stereocenters. The first-order valence-electron chi connectivity index (χ1n) is 13.9. The number of hydrogen-bond acceptors (Lipinski definition) is 4. The average molecular weight is 537 g/mol. The Kier molecular flexibility index (Phi) is 7.74. The van der Waals surface area contributed by atoms with Crippen LogP contribution in [0.1, 0.15) is 73.1 Å². The number of nitrogens with one attached hydrogen (secondary N) is 2. The van der Waals surface area contributed by atoms with E-state index in [1.165, 1.54) is 10.7 Å². The molecular formula is C33H36N4O3. The molecule has 0 unspecified atom stereocenters. The number of carbonyl (C=O) groups excluding carboxylic acids is 2. The highest BCUT2D eigenvalue weighted by molar-refractivity contribution is 6.04. The van der Waals surface area contributed by atoms with E-state index in [1.807, 2.05) is 60.7 Å². The maximum Gasteiger partial charge on any atom is 0.342 e. The summed E-state index contributed by atoms with van der Waals surface area (Å²) >= 11 is 0. The molecule has 3 N–H and O–H groups in total. The molecule has 4 aromatic rings. The van der Waals surface area contributed by atoms with Crippen LogP contribution in [0, 0.1) is 0 Å². The van der Waals surface area contributed by atoms with Gasteiger partial charge in [-0.2, -0.15) is 9.78 Å². The van der Waals surface area contributed by atoms with Gasteiger partial charge in [-0.3, -0.25) is 4.79 Å². The third kappa shape index (κ3) is 6.09. The second-order valence-corrected chi connectivity index (χ2v) is 11.5. The molecule has 1 fully saturated rings. The van der Waals surface area contributed by atoms with Crippen molar-refractivity contribution in [2.75, 3.05) is 11.9 Å². The van der Waals surface area contributed by atoms with E-state index in [4.69, 9.17) is 0 Å². The number of anilines is 1. The summed E-state index contributed by atoms with van der Waals surface area (Å²) in [6.07, 6.45) is 3.84. The van der Waals surface area contributed by atoms with Gasteiger partial charge < -0.3 is 15.7 Å². The first-order chi connectivity index (χ1) is 19.2. The molecule has 1 heterocycles. The molecule has 3 aromatic carbocycles. The highest BCUT2D eigenvalue weighted by Crippen LogP contribution is 2.39. The van der Waals surface area contributed by atoms with Gasteiger partial charge in [0.05, 0.1) is 11.4 Å². The lowest BCUT2D eigenvalue weighted by atomic mass is 9.82. The summed E-state index contributed by atoms with van der Waals surface area (Å²) in [4.78, 5) is 26.1. The second-order valence-electron chi connectivity index (χ2n) is 11.5. The Hall–Kier alpha value is -4.39. The van der Waals surface area contributed by atoms with Crippen LogP contribution in [0.4, 0.5) is 10.5 Å². The van der Waals surface area contributed by atoms with Crippen molar-refractivity contribution < 1.29 is 14.7 Å². The lowest BCUT2D eigenvalue weighted by molar-refractivity contribution is 0.102. The Labute approximate surface area is 235 Å². The number of phenolic OH excluding ortho intramolecular Hbond substituents is 1. The Morgan fingerprint density at radius 2 is 1.70 bits per heavy atom. The van der Waals surface area contributed by atoms with E-state index in [-0.39, 0.29) is 29.0 Å². The third-order valence-corrected chi connectivity index (χ3v) is 7.53. The van der Waals surface area contributed by atoms with Crippen LogP contribution in [0.5, 0.6) is 5.75 Å². The van der Waals surface area contributed by atoms with E-state index >= 15 is 0 Å². The predicted octanol–water partition coefficient (Wildman–Crippen LogP) is 6.87. The van der Waals surface area contributed by atoms with Crippen molar-refractivity contribution in [2.45, 2.75) is 57.8 Å². The van der Waals surface area contributed by atoms with Crippen molar-refractivity contribution in [1.82, 2.24) is 15.1 Å². The molecule has 7 heteroatoms. The van der Waals surface area contributed by atoms with E-state index in [9.17, 15) is 14.7 Å². The number of nitrogens with zero attached hydrogens (tertiary/aromatic N) is 2. The van der Waals surface area contributed by atoms with Crippen LogP contribution < -0.4 is 10.6 Å². The van der Waals surface area contributed by atoms with E-state index in [1.54, 1.807) is 12.1 Å². The molecule has 1 saturated carbocycles. The molecular weight excluding hydrogens is 500 g/mol. The van der Waals surface area contributed by atoms with Crippen molar-refractivity contribution in [3.8, 4) is 17.0 Å². The fourth-order valence-electron chi connectivity index (χ4n) is 4.86. The fraction of sp³-hybridized carbons (Fsp3) is 0.303. The number of benzene rings is 3. The molecule has 1 aliphatic rings. The standard InChI is InChI=1S/C33H36N4O3/c1-33(2,3)25-14-12-24(13-15-25)31(39)35-26-16-17-30(38)27(20-26)28-21-29(23-10-7-11-23)37(36-28)32(40)34-19-18-22-8-5-4-6-9-22/h4-6,8-9,12-17,20-21,23,38H,7,10-11,18-19H2,1-3H3,(H,34,40)(H,35,39). The minimum atomic E-state index is -0.285. The second kappa shape index (κ2) is 11.4. The number of rotatable bonds is 7. The zero-order valence-electron chi connectivity index (χ0n) is 23.3. The quantitative estimate of drug-likeness (QED) is 0.225. The SMILES string of the molecule is CC(C)(C)c1ccc(C(=O)Nc2ccc(O)c(-c3cc(C4CCC4)n(C(=O)NCCc4ccccc4)n3)c2)cc1. The highest BCUT2D eigenvalue weighted by Gasteiger charge is 2.27. The van der Waals surface area contributed by atoms with Gasteiger partial charge in [0.15, 0.2) is 0 Å². The maximum absolute atomic E-state index is 13.2. The molecule has 0 aliphatic heterocycles. The van der Waals surface area contributed by atoms with Gasteiger partial charge in [0.1, 0.15) is 5.75 Å². The largest absolute Gasteiger partial charge is 0.507 e. The molecule has 40 heavy (non-hydrogen) atoms. The predicted molar refractivity (Wildman–Crippen MR) is 158 cm³/mol. The highest BCUT2D eigenvalue weighted by atomic mass is 16.3. The Bertz CT molecular complexity index is 1500. The minimum Gasteiger partial charge on any atom is -0.507 e. The van der Waals surface area contributed by atoms with Gasteiger partial charge in [0, 0.05) is 29.3 Å². The van der Waals surface area contributed by atoms with Gasteiger partial charge in [-0.05, 0) is 72.2 Å². The molecule has 0 bridgehead atoms. The van der Waals surface area contributed by atoms with Gasteiger partial charge in [-0.25, -0.2) is 4.79 Å². The summed E-state index contributed by atoms with van der Waals surface area (Å²) in [6.45, 7) is 6.88. The molecule has 5 rings (SSSR count). The topological polar surface area (TPSA) is 96.2 Å². The summed E-state index contributed by atoms with van der Waals surface area (Å²) in [7, 11) is 0. The van der Waals surface area contributed by atoms with Crippen molar-refractivity contribution in [3.63, 3.8) is 0 Å². The van der Waals surface area contributed by atoms with Crippen molar-refractivity contribution in [3.05, 3.63) is 101 Å². The van der Waals surface area contributed by atoms with Crippen molar-refractivity contribution >= 4 is 17.6 Å². The zero-order valence-corrected chi connectivity index (χ0v) is 23.3. The van der Waals surface area contributed by atoms with Gasteiger partial charge in [-0.15, -0.1) is 0 Å². The molecule has 0 spiro atoms. The van der Waals surface area contributed by atoms with Crippen molar-refractivity contribution in [1.29, 1.82) is 0 Å². The first-order valence-corrected chi connectivity index (χ1v) is 13.9. The average Bonchev–Trinajstić information content (AvgIpc) is 3.33. The molecule has 1 aromatic heterocycles. The van der Waals surface area contributed by atoms with Gasteiger partial charge in [0.2, 0.25) is 0 Å². The fourth-order valence-corrected chi connectivity index (χ4v) is 4.86. The van der Waals surface area contributed by atoms with Crippen molar-refractivity contribution in [2.24, 2.45) is 0 Å². The Morgan fingerprint density at radius 1 is 0.975 bits per heavy atom. The number of aromatic nitrogens is 2. The summed E-state index contributed by atoms with van der Waals surface area (Å²) in [5.41, 5.74) is 5.17. The third-order valence-electron chi connectivity index (χ3n) is 7.53. The Morgan fingerprint density at radius 3 is 2.35 bits per heavy atom. The van der Waals surface area contributed by atoms with Gasteiger partial charge in [-0.1, -0.05) is 69.7 Å². The van der Waals surface area contributed by atoms with E-state index < -0.39 is 0 Å². The minimum absolute atomic E-state index is 0.00139. The van der Waals surface area contributed by atoms with Crippen LogP contribution in [0.2, 0.25) is 0 Å². The zero-order chi connectivity index (χ0) is 28.3. The smallest absolute Gasteiger partial charge is 0.342 e. The number of phenols is 1. The number of hydrogen-bond donors (Lipinski definition) is 3. The summed E-state index contributed by atoms with van der Waals surface area (Å²) < 4.78 is 1.44. The normalized spacial score (nSPS) is 13.5. The van der Waals surface area contributed by atoms with Gasteiger partial charge >= 0.3 is 6.03 Å². The maximum atomic E-state index is 13.2. The molecule has 7 nitrogen and oxygen atoms in total. The summed E-state index contributed by atoms with van der Waals surface area (Å²) in [5, 5.41) is 21.2. The van der Waals surface area contributed by atoms with E-state index in [0.29, 0.717) is 29.1 Å². The number of aromatic hydroxyl groups is 1. The summed E-state index contributed by atoms with van der Waals surface area (Å²) in [6, 6.07) is 24.1. The van der Waals surface area contributed by atoms with Crippen LogP contribution in [-0.2, 0) is 11.8 Å². The number of carbonyl (C=O) groups is 2.